The Morgan fingerprint density at radius 3 is 2.21 bits per heavy atom. The fourth-order valence-corrected chi connectivity index (χ4v) is 2.84. The van der Waals surface area contributed by atoms with Crippen molar-refractivity contribution < 1.29 is 31.5 Å². The zero-order valence-corrected chi connectivity index (χ0v) is 10.8. The number of carbonyl (C=O) groups is 1. The van der Waals surface area contributed by atoms with Crippen LogP contribution in [0.3, 0.4) is 0 Å². The number of halogens is 3. The average Bonchev–Trinajstić information content (AvgIpc) is 2.18. The van der Waals surface area contributed by atoms with E-state index in [0.29, 0.717) is 12.8 Å². The van der Waals surface area contributed by atoms with Gasteiger partial charge in [-0.15, -0.1) is 0 Å². The normalized spacial score (nSPS) is 18.9. The lowest BCUT2D eigenvalue weighted by molar-refractivity contribution is -0.141. The van der Waals surface area contributed by atoms with Crippen LogP contribution in [0.4, 0.5) is 13.2 Å². The lowest BCUT2D eigenvalue weighted by Gasteiger charge is -2.40. The Morgan fingerprint density at radius 2 is 1.84 bits per heavy atom. The first-order valence-electron chi connectivity index (χ1n) is 5.56. The highest BCUT2D eigenvalue weighted by molar-refractivity contribution is 7.87. The Labute approximate surface area is 108 Å². The van der Waals surface area contributed by atoms with Gasteiger partial charge < -0.3 is 5.11 Å². The third-order valence-corrected chi connectivity index (χ3v) is 4.09. The Kier molecular flexibility index (Phi) is 4.80. The predicted molar refractivity (Wildman–Crippen MR) is 59.5 cm³/mol. The summed E-state index contributed by atoms with van der Waals surface area (Å²) in [6.45, 7) is -1.83. The Hall–Kier alpha value is -0.870. The van der Waals surface area contributed by atoms with Gasteiger partial charge >= 0.3 is 12.1 Å². The summed E-state index contributed by atoms with van der Waals surface area (Å²) in [5.41, 5.74) is -0.682. The van der Waals surface area contributed by atoms with Gasteiger partial charge in [0.2, 0.25) is 0 Å². The summed E-state index contributed by atoms with van der Waals surface area (Å²) in [5.74, 6) is -1.05. The molecule has 0 aromatic rings. The zero-order valence-electron chi connectivity index (χ0n) is 9.96. The highest BCUT2D eigenvalue weighted by Gasteiger charge is 2.40. The SMILES string of the molecule is O=C(O)CC1(CNS(=O)(=O)NCC(F)(F)F)CCC1. The maximum atomic E-state index is 11.9. The summed E-state index contributed by atoms with van der Waals surface area (Å²) in [4.78, 5) is 10.6. The van der Waals surface area contributed by atoms with Crippen LogP contribution in [-0.2, 0) is 15.0 Å². The highest BCUT2D eigenvalue weighted by atomic mass is 32.2. The second-order valence-corrected chi connectivity index (χ2v) is 6.27. The van der Waals surface area contributed by atoms with Crippen molar-refractivity contribution in [3.8, 4) is 0 Å². The van der Waals surface area contributed by atoms with Gasteiger partial charge in [-0.25, -0.2) is 4.72 Å². The molecule has 0 radical (unpaired) electrons. The highest BCUT2D eigenvalue weighted by Crippen LogP contribution is 2.43. The van der Waals surface area contributed by atoms with E-state index >= 15 is 0 Å². The van der Waals surface area contributed by atoms with Crippen LogP contribution in [0.1, 0.15) is 25.7 Å². The van der Waals surface area contributed by atoms with Gasteiger partial charge in [-0.2, -0.15) is 26.3 Å². The molecule has 10 heteroatoms. The first-order chi connectivity index (χ1) is 8.54. The van der Waals surface area contributed by atoms with Crippen molar-refractivity contribution in [2.24, 2.45) is 5.41 Å². The molecule has 1 saturated carbocycles. The van der Waals surface area contributed by atoms with Gasteiger partial charge in [-0.1, -0.05) is 6.42 Å². The number of hydrogen-bond acceptors (Lipinski definition) is 3. The summed E-state index contributed by atoms with van der Waals surface area (Å²) in [7, 11) is -4.27. The molecule has 1 aliphatic rings. The standard InChI is InChI=1S/C9H15F3N2O4S/c10-9(11,12)6-14-19(17,18)13-5-8(2-1-3-8)4-7(15)16/h13-14H,1-6H2,(H,15,16). The van der Waals surface area contributed by atoms with E-state index in [9.17, 15) is 26.4 Å². The number of aliphatic carboxylic acids is 1. The van der Waals surface area contributed by atoms with Crippen LogP contribution in [-0.4, -0.2) is 38.8 Å². The molecule has 0 spiro atoms. The minimum absolute atomic E-state index is 0.174. The number of rotatable bonds is 7. The lowest BCUT2D eigenvalue weighted by atomic mass is 9.67. The Morgan fingerprint density at radius 1 is 1.26 bits per heavy atom. The van der Waals surface area contributed by atoms with Crippen molar-refractivity contribution in [3.63, 3.8) is 0 Å². The second-order valence-electron chi connectivity index (χ2n) is 4.68. The fourth-order valence-electron chi connectivity index (χ4n) is 1.89. The quantitative estimate of drug-likeness (QED) is 0.642. The van der Waals surface area contributed by atoms with E-state index in [-0.39, 0.29) is 13.0 Å². The van der Waals surface area contributed by atoms with Crippen molar-refractivity contribution in [3.05, 3.63) is 0 Å². The molecule has 0 heterocycles. The van der Waals surface area contributed by atoms with Gasteiger partial charge in [0.15, 0.2) is 0 Å². The largest absolute Gasteiger partial charge is 0.481 e. The first kappa shape index (κ1) is 16.2. The zero-order chi connectivity index (χ0) is 14.7. The van der Waals surface area contributed by atoms with Crippen LogP contribution >= 0.6 is 0 Å². The Bertz CT molecular complexity index is 431. The number of nitrogens with one attached hydrogen (secondary N) is 2. The summed E-state index contributed by atoms with van der Waals surface area (Å²) in [6.07, 6.45) is -2.97. The van der Waals surface area contributed by atoms with E-state index < -0.39 is 34.3 Å². The lowest BCUT2D eigenvalue weighted by Crippen LogP contribution is -2.48. The van der Waals surface area contributed by atoms with Crippen molar-refractivity contribution in [1.29, 1.82) is 0 Å². The van der Waals surface area contributed by atoms with Gasteiger partial charge in [-0.3, -0.25) is 4.79 Å². The summed E-state index contributed by atoms with van der Waals surface area (Å²) in [6, 6.07) is 0. The number of alkyl halides is 3. The molecule has 0 bridgehead atoms. The van der Waals surface area contributed by atoms with Crippen LogP contribution in [0.25, 0.3) is 0 Å². The molecule has 1 rings (SSSR count). The maximum absolute atomic E-state index is 11.9. The van der Waals surface area contributed by atoms with Gasteiger partial charge in [0, 0.05) is 6.54 Å². The minimum atomic E-state index is -4.63. The predicted octanol–water partition coefficient (Wildman–Crippen LogP) is 0.618. The molecule has 0 aromatic heterocycles. The molecule has 0 saturated heterocycles. The van der Waals surface area contributed by atoms with Gasteiger partial charge in [0.1, 0.15) is 6.54 Å². The van der Waals surface area contributed by atoms with E-state index in [1.54, 1.807) is 0 Å². The molecule has 0 aliphatic heterocycles. The monoisotopic (exact) mass is 304 g/mol. The van der Waals surface area contributed by atoms with Crippen molar-refractivity contribution in [1.82, 2.24) is 9.44 Å². The Balaban J connectivity index is 2.48. The smallest absolute Gasteiger partial charge is 0.402 e. The van der Waals surface area contributed by atoms with Crippen LogP contribution < -0.4 is 9.44 Å². The molecule has 0 amide bonds. The van der Waals surface area contributed by atoms with E-state index in [4.69, 9.17) is 5.11 Å². The van der Waals surface area contributed by atoms with E-state index in [1.807, 2.05) is 4.72 Å². The topological polar surface area (TPSA) is 95.5 Å². The third kappa shape index (κ3) is 5.74. The van der Waals surface area contributed by atoms with E-state index in [1.165, 1.54) is 4.72 Å². The molecule has 0 aromatic carbocycles. The van der Waals surface area contributed by atoms with E-state index in [0.717, 1.165) is 6.42 Å². The molecule has 3 N–H and O–H groups in total. The van der Waals surface area contributed by atoms with Crippen molar-refractivity contribution in [2.45, 2.75) is 31.9 Å². The van der Waals surface area contributed by atoms with Gasteiger partial charge in [0.25, 0.3) is 10.2 Å². The summed E-state index contributed by atoms with van der Waals surface area (Å²) in [5, 5.41) is 8.71. The molecule has 6 nitrogen and oxygen atoms in total. The molecule has 0 unspecified atom stereocenters. The van der Waals surface area contributed by atoms with Gasteiger partial charge in [-0.05, 0) is 18.3 Å². The minimum Gasteiger partial charge on any atom is -0.481 e. The number of carboxylic acid groups (broad SMARTS) is 1. The molecule has 0 atom stereocenters. The molecule has 1 aliphatic carbocycles. The second kappa shape index (κ2) is 5.63. The molecular weight excluding hydrogens is 289 g/mol. The van der Waals surface area contributed by atoms with Crippen LogP contribution in [0, 0.1) is 5.41 Å². The summed E-state index contributed by atoms with van der Waals surface area (Å²) < 4.78 is 61.5. The maximum Gasteiger partial charge on any atom is 0.402 e. The van der Waals surface area contributed by atoms with Crippen molar-refractivity contribution >= 4 is 16.2 Å². The van der Waals surface area contributed by atoms with E-state index in [2.05, 4.69) is 0 Å². The first-order valence-corrected chi connectivity index (χ1v) is 7.05. The average molecular weight is 304 g/mol. The molecule has 1 fully saturated rings. The summed E-state index contributed by atoms with van der Waals surface area (Å²) >= 11 is 0. The van der Waals surface area contributed by atoms with Crippen LogP contribution in [0.5, 0.6) is 0 Å². The molecule has 19 heavy (non-hydrogen) atoms. The van der Waals surface area contributed by atoms with Crippen LogP contribution in [0.15, 0.2) is 0 Å². The molecular formula is C9H15F3N2O4S. The van der Waals surface area contributed by atoms with Crippen LogP contribution in [0.2, 0.25) is 0 Å². The number of carboxylic acids is 1. The third-order valence-electron chi connectivity index (χ3n) is 3.04. The van der Waals surface area contributed by atoms with Gasteiger partial charge in [0.05, 0.1) is 6.42 Å². The fraction of sp³-hybridized carbons (Fsp3) is 0.889. The number of hydrogen-bond donors (Lipinski definition) is 3. The molecule has 112 valence electrons. The van der Waals surface area contributed by atoms with Crippen molar-refractivity contribution in [2.75, 3.05) is 13.1 Å².